The van der Waals surface area contributed by atoms with Crippen LogP contribution in [0.1, 0.15) is 69.9 Å². The van der Waals surface area contributed by atoms with Gasteiger partial charge in [-0.25, -0.2) is 88.2 Å². The van der Waals surface area contributed by atoms with E-state index in [1.165, 1.54) is 33.2 Å². The number of nitrogens with one attached hydrogen (secondary N) is 1. The number of hydrogen-bond acceptors (Lipinski definition) is 35. The van der Waals surface area contributed by atoms with Crippen LogP contribution < -0.4 is 43.5 Å². The number of hydrogen-bond donors (Lipinski definition) is 5. The van der Waals surface area contributed by atoms with Gasteiger partial charge in [-0.05, 0) is 132 Å². The first-order valence-electron chi connectivity index (χ1n) is 35.8. The molecule has 17 heterocycles. The Hall–Kier alpha value is -6.72. The molecule has 0 spiro atoms. The molecule has 5 saturated heterocycles. The van der Waals surface area contributed by atoms with Gasteiger partial charge in [0.05, 0.1) is 129 Å². The molecule has 32 nitrogen and oxygen atoms in total. The SMILES string of the molecule is C1COCCN1.CC.Cc1nc(N)ncc1-c1nc(Cl)nc2c(Br)csc12.Cc1nc(N)ncc1-c1nc(N2CCOCC2)nc2c(Br)csc12.Cc1nc(N)ncc1-c1nc(N2CCOCC2)nc2c(CN3CCN(S(C)(=O)=O)CC3)csc12.Cc1nc(N)ncc1B1OC(C)(C)C(C)(C)O1.Clc1nc(Cl)c2scc(Br)c2n1. The van der Waals surface area contributed by atoms with Gasteiger partial charge < -0.3 is 61.6 Å². The van der Waals surface area contributed by atoms with Crippen molar-refractivity contribution in [1.82, 2.24) is 94.3 Å². The van der Waals surface area contributed by atoms with Gasteiger partial charge in [-0.3, -0.25) is 4.90 Å². The third-order valence-corrected chi connectivity index (χ3v) is 27.1. The predicted molar refractivity (Wildman–Crippen MR) is 468 cm³/mol. The van der Waals surface area contributed by atoms with Crippen molar-refractivity contribution in [2.24, 2.45) is 0 Å². The predicted octanol–water partition coefficient (Wildman–Crippen LogP) is 12.1. The normalized spacial score (nSPS) is 16.3. The molecule has 0 radical (unpaired) electrons. The second-order valence-electron chi connectivity index (χ2n) is 26.6. The van der Waals surface area contributed by atoms with Gasteiger partial charge in [-0.1, -0.05) is 25.4 Å². The highest BCUT2D eigenvalue weighted by Crippen LogP contribution is 2.42. The molecule has 0 unspecified atom stereocenters. The van der Waals surface area contributed by atoms with Crippen LogP contribution in [0.3, 0.4) is 0 Å². The zero-order valence-electron chi connectivity index (χ0n) is 64.1. The molecule has 0 aromatic carbocycles. The number of sulfonamides is 1. The Morgan fingerprint density at radius 1 is 0.482 bits per heavy atom. The van der Waals surface area contributed by atoms with Gasteiger partial charge in [-0.2, -0.15) is 4.31 Å². The van der Waals surface area contributed by atoms with Crippen LogP contribution in [-0.4, -0.2) is 227 Å². The summed E-state index contributed by atoms with van der Waals surface area (Å²) in [6.45, 7) is 32.2. The fourth-order valence-electron chi connectivity index (χ4n) is 11.8. The molecule has 44 heteroatoms. The van der Waals surface area contributed by atoms with E-state index in [9.17, 15) is 8.42 Å². The molecule has 0 saturated carbocycles. The lowest BCUT2D eigenvalue weighted by Gasteiger charge is -2.33. The average molecular weight is 1900 g/mol. The fraction of sp³-hybridized carbons (Fsp3) is 0.429. The summed E-state index contributed by atoms with van der Waals surface area (Å²) >= 11 is 34.1. The van der Waals surface area contributed by atoms with Crippen LogP contribution in [0, 0.1) is 27.7 Å². The second kappa shape index (κ2) is 39.2. The first kappa shape index (κ1) is 88.1. The second-order valence-corrected chi connectivity index (χ2v) is 35.7. The molecule has 0 amide bonds. The van der Waals surface area contributed by atoms with Gasteiger partial charge in [0.25, 0.3) is 0 Å². The highest BCUT2D eigenvalue weighted by Gasteiger charge is 2.52. The van der Waals surface area contributed by atoms with E-state index in [0.29, 0.717) is 76.2 Å². The number of halogens is 6. The first-order valence-corrected chi connectivity index (χ1v) is 44.7. The summed E-state index contributed by atoms with van der Waals surface area (Å²) in [5, 5.41) is 11.9. The maximum atomic E-state index is 11.9. The van der Waals surface area contributed by atoms with Crippen molar-refractivity contribution >= 4 is 227 Å². The van der Waals surface area contributed by atoms with Gasteiger partial charge in [-0.15, -0.1) is 45.3 Å². The van der Waals surface area contributed by atoms with E-state index in [-0.39, 0.29) is 45.6 Å². The average Bonchev–Trinajstić information content (AvgIpc) is 1.58. The Balaban J connectivity index is 0.000000142. The highest BCUT2D eigenvalue weighted by molar-refractivity contribution is 9.11. The van der Waals surface area contributed by atoms with E-state index in [0.717, 1.165) is 174 Å². The number of piperazine rings is 1. The topological polar surface area (TPSA) is 416 Å². The maximum Gasteiger partial charge on any atom is 0.498 e. The van der Waals surface area contributed by atoms with E-state index in [1.807, 2.05) is 85.4 Å². The Bertz CT molecular complexity index is 5460. The molecule has 0 atom stereocenters. The molecule has 606 valence electrons. The number of nitrogens with two attached hydrogens (primary N) is 4. The van der Waals surface area contributed by atoms with E-state index >= 15 is 0 Å². The van der Waals surface area contributed by atoms with Crippen molar-refractivity contribution < 1.29 is 31.9 Å². The number of aryl methyl sites for hydroxylation is 4. The minimum Gasteiger partial charge on any atom is -0.399 e. The smallest absolute Gasteiger partial charge is 0.399 e. The van der Waals surface area contributed by atoms with Gasteiger partial charge in [0.1, 0.15) is 16.6 Å². The molecule has 114 heavy (non-hydrogen) atoms. The van der Waals surface area contributed by atoms with Crippen molar-refractivity contribution in [2.45, 2.75) is 87.0 Å². The number of anilines is 6. The third kappa shape index (κ3) is 21.6. The van der Waals surface area contributed by atoms with Crippen molar-refractivity contribution in [2.75, 3.05) is 144 Å². The van der Waals surface area contributed by atoms with E-state index in [1.54, 1.807) is 47.5 Å². The zero-order chi connectivity index (χ0) is 81.9. The third-order valence-electron chi connectivity index (χ3n) is 18.4. The molecule has 5 fully saturated rings. The molecule has 12 aromatic heterocycles. The van der Waals surface area contributed by atoms with E-state index in [4.69, 9.17) is 101 Å². The quantitative estimate of drug-likeness (QED) is 0.0509. The van der Waals surface area contributed by atoms with Gasteiger partial charge in [0.15, 0.2) is 5.15 Å². The highest BCUT2D eigenvalue weighted by atomic mass is 79.9. The van der Waals surface area contributed by atoms with Crippen molar-refractivity contribution in [1.29, 1.82) is 0 Å². The lowest BCUT2D eigenvalue weighted by molar-refractivity contribution is 0.00578. The minimum absolute atomic E-state index is 0.173. The lowest BCUT2D eigenvalue weighted by Crippen LogP contribution is -2.47. The number of nitrogen functional groups attached to an aromatic ring is 4. The molecule has 12 aromatic rings. The molecule has 0 aliphatic carbocycles. The summed E-state index contributed by atoms with van der Waals surface area (Å²) in [6, 6.07) is 0. The fourth-order valence-corrected chi connectivity index (χ4v) is 18.9. The van der Waals surface area contributed by atoms with Crippen LogP contribution in [0.2, 0.25) is 15.7 Å². The Labute approximate surface area is 715 Å². The molecular weight excluding hydrogens is 1820 g/mol. The maximum absolute atomic E-state index is 11.9. The van der Waals surface area contributed by atoms with E-state index in [2.05, 4.69) is 133 Å². The summed E-state index contributed by atoms with van der Waals surface area (Å²) in [4.78, 5) is 75.7. The van der Waals surface area contributed by atoms with Gasteiger partial charge >= 0.3 is 7.12 Å². The number of morpholine rings is 3. The van der Waals surface area contributed by atoms with Crippen LogP contribution in [0.5, 0.6) is 0 Å². The number of thiophene rings is 4. The summed E-state index contributed by atoms with van der Waals surface area (Å²) < 4.78 is 59.6. The standard InChI is InChI=1S/C21H28N8O3S2.C15H15BrN6OS.C11H18BN3O2.C11H7BrClN5S.C6HBrCl2N2S.C4H9NO.C2H6/c1-14-16(11-23-20(22)24-14)18-19-17(25-21(26-18)28-7-9-32-10-8-28)15(13-33-19)12-27-3-5-29(6-4-27)34(2,30)31;1-8-9(6-18-14(17)19-8)11-13-12(10(16)7-24-13)21-15(20-11)22-2-4-23-5-3-22;1-7-8(6-14-9(13)15-7)12-16-10(2,3)11(4,5)17-12;1-4-5(2-15-11(14)16-4)7-9-8(6(12)3-19-9)18-10(13)17-7;7-2-1-12-4-3(2)10-6(9)11-5(4)8;1-3-6-4-2-5-1;1-2/h11,13H,3-10,12H2,1-2H3,(H2,22,23,24);6-7H,2-5H2,1H3,(H2,17,18,19);6H,1-5H3,(H2,13,14,15);2-3H,1H3,(H2,14,15,16);1H;5H,1-4H2;1-2H3. The number of ether oxygens (including phenoxy) is 3. The molecular formula is C70H84BBr3Cl3N25O7S5. The van der Waals surface area contributed by atoms with Gasteiger partial charge in [0, 0.05) is 146 Å². The van der Waals surface area contributed by atoms with Gasteiger partial charge in [0.2, 0.25) is 56.3 Å². The lowest BCUT2D eigenvalue weighted by atomic mass is 9.79. The summed E-state index contributed by atoms with van der Waals surface area (Å²) in [7, 11) is -3.59. The van der Waals surface area contributed by atoms with Crippen molar-refractivity contribution in [3.63, 3.8) is 0 Å². The first-order chi connectivity index (χ1) is 54.4. The molecule has 9 N–H and O–H groups in total. The molecule has 17 rings (SSSR count). The van der Waals surface area contributed by atoms with Crippen LogP contribution in [0.25, 0.3) is 74.6 Å². The largest absolute Gasteiger partial charge is 0.498 e. The summed E-state index contributed by atoms with van der Waals surface area (Å²) in [5.74, 6) is 2.38. The summed E-state index contributed by atoms with van der Waals surface area (Å²) in [5.41, 5.74) is 35.2. The number of fused-ring (bicyclic) bond motifs is 4. The number of rotatable bonds is 9. The Morgan fingerprint density at radius 3 is 1.28 bits per heavy atom. The monoisotopic (exact) mass is 1900 g/mol. The van der Waals surface area contributed by atoms with Crippen LogP contribution >= 0.6 is 128 Å². The molecule has 5 aliphatic rings. The molecule has 0 bridgehead atoms. The van der Waals surface area contributed by atoms with Crippen molar-refractivity contribution in [3.8, 4) is 33.8 Å². The minimum atomic E-state index is -3.16. The Kier molecular flexibility index (Phi) is 30.3. The van der Waals surface area contributed by atoms with Crippen LogP contribution in [0.4, 0.5) is 35.7 Å². The van der Waals surface area contributed by atoms with E-state index < -0.39 is 17.1 Å². The zero-order valence-corrected chi connectivity index (χ0v) is 75.2. The van der Waals surface area contributed by atoms with Crippen molar-refractivity contribution in [3.05, 3.63) is 104 Å². The summed E-state index contributed by atoms with van der Waals surface area (Å²) in [6.07, 6.45) is 8.05. The Morgan fingerprint density at radius 2 is 0.860 bits per heavy atom. The number of nitrogens with zero attached hydrogens (tertiary/aromatic N) is 20. The molecule has 5 aliphatic heterocycles. The van der Waals surface area contributed by atoms with Crippen LogP contribution in [0.15, 0.2) is 59.7 Å². The number of aromatic nitrogens is 16. The van der Waals surface area contributed by atoms with Crippen LogP contribution in [-0.2, 0) is 40.1 Å².